The number of ether oxygens (including phenoxy) is 1. The van der Waals surface area contributed by atoms with E-state index >= 15 is 0 Å². The number of rotatable bonds is 7. The van der Waals surface area contributed by atoms with Gasteiger partial charge >= 0.3 is 0 Å². The number of benzene rings is 1. The Balaban J connectivity index is 1.92. The number of methoxy groups -OCH3 is 1. The molecule has 0 saturated heterocycles. The largest absolute Gasteiger partial charge is 0.380 e. The zero-order valence-electron chi connectivity index (χ0n) is 11.7. The first kappa shape index (κ1) is 13.8. The lowest BCUT2D eigenvalue weighted by atomic mass is 10.1. The Labute approximate surface area is 115 Å². The molecule has 0 atom stereocenters. The van der Waals surface area contributed by atoms with Gasteiger partial charge in [-0.1, -0.05) is 24.3 Å². The molecular weight excluding hydrogens is 236 g/mol. The maximum Gasteiger partial charge on any atom is 0.0716 e. The maximum absolute atomic E-state index is 5.23. The van der Waals surface area contributed by atoms with Crippen LogP contribution < -0.4 is 5.32 Å². The van der Waals surface area contributed by atoms with Gasteiger partial charge in [-0.2, -0.15) is 0 Å². The first-order valence-corrected chi connectivity index (χ1v) is 6.75. The summed E-state index contributed by atoms with van der Waals surface area (Å²) in [6, 6.07) is 12.7. The Kier molecular flexibility index (Phi) is 5.19. The van der Waals surface area contributed by atoms with Crippen LogP contribution in [0.1, 0.15) is 23.7 Å². The van der Waals surface area contributed by atoms with Gasteiger partial charge in [0.15, 0.2) is 0 Å². The van der Waals surface area contributed by atoms with E-state index in [0.717, 1.165) is 19.6 Å². The van der Waals surface area contributed by atoms with Crippen molar-refractivity contribution in [3.8, 4) is 0 Å². The lowest BCUT2D eigenvalue weighted by Gasteiger charge is -2.11. The van der Waals surface area contributed by atoms with Crippen LogP contribution in [0.15, 0.2) is 42.6 Å². The van der Waals surface area contributed by atoms with E-state index in [0.29, 0.717) is 6.61 Å². The average molecular weight is 258 g/mol. The summed E-state index contributed by atoms with van der Waals surface area (Å²) in [7, 11) is 1.73. The standard InChI is InChI=1S/C16H22N2O/c1-3-18-10-6-9-16(18)12-17-11-14-7-4-5-8-15(14)13-19-2/h4-10,17H,3,11-13H2,1-2H3. The van der Waals surface area contributed by atoms with Gasteiger partial charge in [0.05, 0.1) is 6.61 Å². The third kappa shape index (κ3) is 3.69. The highest BCUT2D eigenvalue weighted by molar-refractivity contribution is 5.26. The molecule has 2 aromatic rings. The van der Waals surface area contributed by atoms with E-state index in [9.17, 15) is 0 Å². The summed E-state index contributed by atoms with van der Waals surface area (Å²) < 4.78 is 7.48. The van der Waals surface area contributed by atoms with Crippen LogP contribution in [0.5, 0.6) is 0 Å². The van der Waals surface area contributed by atoms with Crippen molar-refractivity contribution in [3.63, 3.8) is 0 Å². The van der Waals surface area contributed by atoms with Crippen molar-refractivity contribution in [1.82, 2.24) is 9.88 Å². The van der Waals surface area contributed by atoms with Crippen LogP contribution in [-0.4, -0.2) is 11.7 Å². The lowest BCUT2D eigenvalue weighted by Crippen LogP contribution is -2.16. The fourth-order valence-electron chi connectivity index (χ4n) is 2.27. The van der Waals surface area contributed by atoms with Crippen molar-refractivity contribution in [2.24, 2.45) is 0 Å². The summed E-state index contributed by atoms with van der Waals surface area (Å²) in [5.41, 5.74) is 3.88. The smallest absolute Gasteiger partial charge is 0.0716 e. The first-order chi connectivity index (χ1) is 9.35. The molecule has 0 saturated carbocycles. The van der Waals surface area contributed by atoms with Crippen molar-refractivity contribution in [1.29, 1.82) is 0 Å². The molecule has 1 aromatic carbocycles. The molecule has 0 amide bonds. The zero-order chi connectivity index (χ0) is 13.5. The number of aromatic nitrogens is 1. The molecule has 1 aromatic heterocycles. The molecule has 3 nitrogen and oxygen atoms in total. The van der Waals surface area contributed by atoms with Crippen molar-refractivity contribution >= 4 is 0 Å². The van der Waals surface area contributed by atoms with E-state index in [2.05, 4.69) is 59.4 Å². The number of hydrogen-bond acceptors (Lipinski definition) is 2. The van der Waals surface area contributed by atoms with Crippen LogP contribution in [0.3, 0.4) is 0 Å². The summed E-state index contributed by atoms with van der Waals surface area (Å²) in [5, 5.41) is 3.50. The van der Waals surface area contributed by atoms with Crippen LogP contribution in [0.2, 0.25) is 0 Å². The molecule has 0 aliphatic heterocycles. The van der Waals surface area contributed by atoms with Gasteiger partial charge in [-0.3, -0.25) is 0 Å². The van der Waals surface area contributed by atoms with E-state index in [1.807, 2.05) is 0 Å². The van der Waals surface area contributed by atoms with Crippen LogP contribution >= 0.6 is 0 Å². The van der Waals surface area contributed by atoms with E-state index in [4.69, 9.17) is 4.74 Å². The molecular formula is C16H22N2O. The van der Waals surface area contributed by atoms with Gasteiger partial charge in [0.1, 0.15) is 0 Å². The molecule has 1 N–H and O–H groups in total. The monoisotopic (exact) mass is 258 g/mol. The molecule has 0 aliphatic rings. The second-order valence-corrected chi connectivity index (χ2v) is 4.59. The second kappa shape index (κ2) is 7.12. The molecule has 0 fully saturated rings. The van der Waals surface area contributed by atoms with Crippen molar-refractivity contribution in [2.75, 3.05) is 7.11 Å². The van der Waals surface area contributed by atoms with Crippen molar-refractivity contribution < 1.29 is 4.74 Å². The van der Waals surface area contributed by atoms with Crippen LogP contribution in [0, 0.1) is 0 Å². The minimum absolute atomic E-state index is 0.670. The topological polar surface area (TPSA) is 26.2 Å². The van der Waals surface area contributed by atoms with E-state index < -0.39 is 0 Å². The number of aryl methyl sites for hydroxylation is 1. The fourth-order valence-corrected chi connectivity index (χ4v) is 2.27. The summed E-state index contributed by atoms with van der Waals surface area (Å²) in [4.78, 5) is 0. The predicted octanol–water partition coefficient (Wildman–Crippen LogP) is 2.94. The third-order valence-electron chi connectivity index (χ3n) is 3.30. The van der Waals surface area contributed by atoms with Gasteiger partial charge in [0.2, 0.25) is 0 Å². The first-order valence-electron chi connectivity index (χ1n) is 6.75. The van der Waals surface area contributed by atoms with Gasteiger partial charge in [-0.15, -0.1) is 0 Å². The van der Waals surface area contributed by atoms with Gasteiger partial charge in [-0.05, 0) is 30.2 Å². The fraction of sp³-hybridized carbons (Fsp3) is 0.375. The quantitative estimate of drug-likeness (QED) is 0.826. The van der Waals surface area contributed by atoms with E-state index in [1.54, 1.807) is 7.11 Å². The van der Waals surface area contributed by atoms with Crippen molar-refractivity contribution in [3.05, 3.63) is 59.4 Å². The van der Waals surface area contributed by atoms with Gasteiger partial charge < -0.3 is 14.6 Å². The van der Waals surface area contributed by atoms with Crippen LogP contribution in [-0.2, 0) is 31.0 Å². The molecule has 0 radical (unpaired) electrons. The SMILES string of the molecule is CCn1cccc1CNCc1ccccc1COC. The Morgan fingerprint density at radius 2 is 1.84 bits per heavy atom. The molecule has 1 heterocycles. The van der Waals surface area contributed by atoms with Crippen LogP contribution in [0.25, 0.3) is 0 Å². The Bertz CT molecular complexity index is 505. The number of nitrogens with one attached hydrogen (secondary N) is 1. The highest BCUT2D eigenvalue weighted by Crippen LogP contribution is 2.10. The minimum Gasteiger partial charge on any atom is -0.380 e. The average Bonchev–Trinajstić information content (AvgIpc) is 2.88. The van der Waals surface area contributed by atoms with Gasteiger partial charge in [0.25, 0.3) is 0 Å². The summed E-state index contributed by atoms with van der Waals surface area (Å²) >= 11 is 0. The lowest BCUT2D eigenvalue weighted by molar-refractivity contribution is 0.184. The maximum atomic E-state index is 5.23. The number of hydrogen-bond donors (Lipinski definition) is 1. The summed E-state index contributed by atoms with van der Waals surface area (Å²) in [5.74, 6) is 0. The summed E-state index contributed by atoms with van der Waals surface area (Å²) in [6.45, 7) is 5.61. The zero-order valence-corrected chi connectivity index (χ0v) is 11.7. The Morgan fingerprint density at radius 3 is 2.58 bits per heavy atom. The second-order valence-electron chi connectivity index (χ2n) is 4.59. The van der Waals surface area contributed by atoms with Crippen molar-refractivity contribution in [2.45, 2.75) is 33.2 Å². The van der Waals surface area contributed by atoms with Gasteiger partial charge in [-0.25, -0.2) is 0 Å². The predicted molar refractivity (Wildman–Crippen MR) is 77.8 cm³/mol. The number of nitrogens with zero attached hydrogens (tertiary/aromatic N) is 1. The molecule has 2 rings (SSSR count). The highest BCUT2D eigenvalue weighted by atomic mass is 16.5. The third-order valence-corrected chi connectivity index (χ3v) is 3.30. The molecule has 0 unspecified atom stereocenters. The van der Waals surface area contributed by atoms with E-state index in [-0.39, 0.29) is 0 Å². The Hall–Kier alpha value is -1.58. The molecule has 0 aliphatic carbocycles. The molecule has 0 bridgehead atoms. The highest BCUT2D eigenvalue weighted by Gasteiger charge is 2.02. The molecule has 19 heavy (non-hydrogen) atoms. The van der Waals surface area contributed by atoms with Gasteiger partial charge in [0, 0.05) is 38.6 Å². The molecule has 3 heteroatoms. The van der Waals surface area contributed by atoms with E-state index in [1.165, 1.54) is 16.8 Å². The molecule has 102 valence electrons. The Morgan fingerprint density at radius 1 is 1.05 bits per heavy atom. The van der Waals surface area contributed by atoms with Crippen LogP contribution in [0.4, 0.5) is 0 Å². The summed E-state index contributed by atoms with van der Waals surface area (Å²) in [6.07, 6.45) is 2.12. The molecule has 0 spiro atoms. The minimum atomic E-state index is 0.670. The normalized spacial score (nSPS) is 10.8.